The van der Waals surface area contributed by atoms with Gasteiger partial charge in [-0.3, -0.25) is 0 Å². The first-order valence-electron chi connectivity index (χ1n) is 9.12. The van der Waals surface area contributed by atoms with Gasteiger partial charge in [-0.1, -0.05) is 53.5 Å². The van der Waals surface area contributed by atoms with Crippen LogP contribution in [0.2, 0.25) is 10.0 Å². The number of sulfonamides is 1. The molecular weight excluding hydrogens is 401 g/mol. The Morgan fingerprint density at radius 1 is 1.00 bits per heavy atom. The molecule has 6 heteroatoms. The van der Waals surface area contributed by atoms with Gasteiger partial charge in [0, 0.05) is 13.1 Å². The highest BCUT2D eigenvalue weighted by Crippen LogP contribution is 2.40. The molecular formula is C21H21Cl2NO2S. The highest BCUT2D eigenvalue weighted by molar-refractivity contribution is 7.89. The van der Waals surface area contributed by atoms with Crippen LogP contribution in [0.5, 0.6) is 0 Å². The maximum absolute atomic E-state index is 13.0. The average molecular weight is 422 g/mol. The summed E-state index contributed by atoms with van der Waals surface area (Å²) in [5.74, 6) is 0.390. The lowest BCUT2D eigenvalue weighted by molar-refractivity contribution is 0.311. The van der Waals surface area contributed by atoms with Gasteiger partial charge in [-0.15, -0.1) is 0 Å². The molecule has 142 valence electrons. The SMILES string of the molecule is Cc1cccc2c1CC=C2C1CCN(S(=O)(=O)c2c(Cl)cccc2Cl)CC1. The zero-order chi connectivity index (χ0) is 19.2. The molecule has 0 bridgehead atoms. The number of piperidine rings is 1. The van der Waals surface area contributed by atoms with Crippen molar-refractivity contribution in [2.75, 3.05) is 13.1 Å². The van der Waals surface area contributed by atoms with Gasteiger partial charge in [-0.05, 0) is 66.5 Å². The van der Waals surface area contributed by atoms with E-state index in [1.54, 1.807) is 18.2 Å². The molecule has 1 aliphatic carbocycles. The maximum Gasteiger partial charge on any atom is 0.246 e. The first-order chi connectivity index (χ1) is 12.9. The number of nitrogens with zero attached hydrogens (tertiary/aromatic N) is 1. The highest BCUT2D eigenvalue weighted by Gasteiger charge is 2.34. The van der Waals surface area contributed by atoms with Crippen LogP contribution in [0.1, 0.15) is 29.5 Å². The van der Waals surface area contributed by atoms with Crippen molar-refractivity contribution < 1.29 is 8.42 Å². The van der Waals surface area contributed by atoms with Crippen molar-refractivity contribution >= 4 is 38.8 Å². The van der Waals surface area contributed by atoms with Crippen LogP contribution in [0.4, 0.5) is 0 Å². The Kier molecular flexibility index (Phi) is 5.10. The van der Waals surface area contributed by atoms with Gasteiger partial charge in [0.25, 0.3) is 0 Å². The summed E-state index contributed by atoms with van der Waals surface area (Å²) < 4.78 is 27.6. The smallest absolute Gasteiger partial charge is 0.207 e. The van der Waals surface area contributed by atoms with Gasteiger partial charge < -0.3 is 0 Å². The van der Waals surface area contributed by atoms with E-state index in [1.165, 1.54) is 26.6 Å². The number of hydrogen-bond donors (Lipinski definition) is 0. The molecule has 0 radical (unpaired) electrons. The second kappa shape index (κ2) is 7.25. The third-order valence-electron chi connectivity index (χ3n) is 5.66. The van der Waals surface area contributed by atoms with E-state index < -0.39 is 10.0 Å². The fourth-order valence-corrected chi connectivity index (χ4v) is 6.78. The summed E-state index contributed by atoms with van der Waals surface area (Å²) in [5.41, 5.74) is 5.45. The number of allylic oxidation sites excluding steroid dienone is 2. The number of benzene rings is 2. The monoisotopic (exact) mass is 421 g/mol. The van der Waals surface area contributed by atoms with Crippen LogP contribution >= 0.6 is 23.2 Å². The quantitative estimate of drug-likeness (QED) is 0.670. The molecule has 4 rings (SSSR count). The fourth-order valence-electron chi connectivity index (χ4n) is 4.22. The number of fused-ring (bicyclic) bond motifs is 1. The number of rotatable bonds is 3. The van der Waals surface area contributed by atoms with Crippen molar-refractivity contribution in [3.8, 4) is 0 Å². The molecule has 0 amide bonds. The van der Waals surface area contributed by atoms with E-state index in [1.807, 2.05) is 0 Å². The van der Waals surface area contributed by atoms with Crippen molar-refractivity contribution in [3.63, 3.8) is 0 Å². The van der Waals surface area contributed by atoms with Gasteiger partial charge in [0.05, 0.1) is 10.0 Å². The summed E-state index contributed by atoms with van der Waals surface area (Å²) in [5, 5.41) is 0.347. The van der Waals surface area contributed by atoms with Crippen molar-refractivity contribution in [2.24, 2.45) is 5.92 Å². The van der Waals surface area contributed by atoms with Crippen LogP contribution in [0.25, 0.3) is 5.57 Å². The summed E-state index contributed by atoms with van der Waals surface area (Å²) >= 11 is 12.3. The van der Waals surface area contributed by atoms with E-state index in [4.69, 9.17) is 23.2 Å². The maximum atomic E-state index is 13.0. The van der Waals surface area contributed by atoms with E-state index in [0.29, 0.717) is 19.0 Å². The Balaban J connectivity index is 1.53. The minimum atomic E-state index is -3.69. The van der Waals surface area contributed by atoms with Crippen molar-refractivity contribution in [1.29, 1.82) is 0 Å². The average Bonchev–Trinajstić information content (AvgIpc) is 3.07. The summed E-state index contributed by atoms with van der Waals surface area (Å²) in [6.07, 6.45) is 4.91. The lowest BCUT2D eigenvalue weighted by Crippen LogP contribution is -2.38. The molecule has 0 saturated carbocycles. The first kappa shape index (κ1) is 19.0. The molecule has 0 N–H and O–H groups in total. The topological polar surface area (TPSA) is 37.4 Å². The number of aryl methyl sites for hydroxylation is 1. The van der Waals surface area contributed by atoms with Crippen molar-refractivity contribution in [3.05, 3.63) is 69.2 Å². The van der Waals surface area contributed by atoms with Crippen LogP contribution in [-0.2, 0) is 16.4 Å². The van der Waals surface area contributed by atoms with Gasteiger partial charge in [0.15, 0.2) is 0 Å². The minimum Gasteiger partial charge on any atom is -0.207 e. The van der Waals surface area contributed by atoms with Crippen LogP contribution in [0, 0.1) is 12.8 Å². The highest BCUT2D eigenvalue weighted by atomic mass is 35.5. The first-order valence-corrected chi connectivity index (χ1v) is 11.3. The lowest BCUT2D eigenvalue weighted by Gasteiger charge is -2.32. The van der Waals surface area contributed by atoms with E-state index in [9.17, 15) is 8.42 Å². The summed E-state index contributed by atoms with van der Waals surface area (Å²) in [6.45, 7) is 3.11. The lowest BCUT2D eigenvalue weighted by atomic mass is 9.86. The zero-order valence-corrected chi connectivity index (χ0v) is 17.4. The van der Waals surface area contributed by atoms with Crippen LogP contribution in [0.15, 0.2) is 47.4 Å². The standard InChI is InChI=1S/C21H21Cl2NO2S/c1-14-4-2-5-18-16(14)8-9-17(18)15-10-12-24(13-11-15)27(25,26)21-19(22)6-3-7-20(21)23/h2-7,9,15H,8,10-13H2,1H3. The van der Waals surface area contributed by atoms with Gasteiger partial charge in [-0.2, -0.15) is 4.31 Å². The molecule has 0 atom stereocenters. The molecule has 0 aromatic heterocycles. The molecule has 1 heterocycles. The van der Waals surface area contributed by atoms with Crippen molar-refractivity contribution in [2.45, 2.75) is 31.1 Å². The van der Waals surface area contributed by atoms with E-state index in [-0.39, 0.29) is 14.9 Å². The molecule has 0 spiro atoms. The summed E-state index contributed by atoms with van der Waals surface area (Å²) in [4.78, 5) is 0.0211. The van der Waals surface area contributed by atoms with Gasteiger partial charge in [-0.25, -0.2) is 8.42 Å². The van der Waals surface area contributed by atoms with Crippen molar-refractivity contribution in [1.82, 2.24) is 4.31 Å². The van der Waals surface area contributed by atoms with E-state index in [0.717, 1.165) is 19.3 Å². The Morgan fingerprint density at radius 3 is 2.30 bits per heavy atom. The Morgan fingerprint density at radius 2 is 1.63 bits per heavy atom. The van der Waals surface area contributed by atoms with E-state index >= 15 is 0 Å². The van der Waals surface area contributed by atoms with Crippen LogP contribution in [-0.4, -0.2) is 25.8 Å². The van der Waals surface area contributed by atoms with Crippen LogP contribution < -0.4 is 0 Å². The Bertz CT molecular complexity index is 1000. The predicted octanol–water partition coefficient (Wildman–Crippen LogP) is 5.34. The molecule has 0 unspecified atom stereocenters. The van der Waals surface area contributed by atoms with Gasteiger partial charge >= 0.3 is 0 Å². The largest absolute Gasteiger partial charge is 0.246 e. The third-order valence-corrected chi connectivity index (χ3v) is 8.51. The summed E-state index contributed by atoms with van der Waals surface area (Å²) in [7, 11) is -3.69. The molecule has 3 nitrogen and oxygen atoms in total. The normalized spacial score (nSPS) is 18.4. The molecule has 2 aromatic carbocycles. The third kappa shape index (κ3) is 3.33. The Labute approximate surface area is 170 Å². The zero-order valence-electron chi connectivity index (χ0n) is 15.1. The van der Waals surface area contributed by atoms with E-state index in [2.05, 4.69) is 31.2 Å². The van der Waals surface area contributed by atoms with Gasteiger partial charge in [0.2, 0.25) is 10.0 Å². The predicted molar refractivity (Wildman–Crippen MR) is 111 cm³/mol. The molecule has 1 fully saturated rings. The molecule has 27 heavy (non-hydrogen) atoms. The Hall–Kier alpha value is -1.33. The summed E-state index contributed by atoms with van der Waals surface area (Å²) in [6, 6.07) is 11.2. The molecule has 2 aliphatic rings. The number of halogens is 2. The fraction of sp³-hybridized carbons (Fsp3) is 0.333. The second-order valence-corrected chi connectivity index (χ2v) is 9.88. The molecule has 2 aromatic rings. The molecule has 1 aliphatic heterocycles. The van der Waals surface area contributed by atoms with Crippen LogP contribution in [0.3, 0.4) is 0 Å². The second-order valence-electron chi connectivity index (χ2n) is 7.19. The molecule has 1 saturated heterocycles. The van der Waals surface area contributed by atoms with Gasteiger partial charge in [0.1, 0.15) is 4.90 Å². The minimum absolute atomic E-state index is 0.0211. The number of hydrogen-bond acceptors (Lipinski definition) is 2.